The summed E-state index contributed by atoms with van der Waals surface area (Å²) in [6.07, 6.45) is 0. The molecule has 0 unspecified atom stereocenters. The number of aromatic amines is 1. The summed E-state index contributed by atoms with van der Waals surface area (Å²) in [5.41, 5.74) is 1.91. The number of carbonyl (C=O) groups excluding carboxylic acids is 1. The van der Waals surface area contributed by atoms with Crippen LogP contribution in [0.25, 0.3) is 0 Å². The maximum absolute atomic E-state index is 12.1. The molecule has 18 heavy (non-hydrogen) atoms. The Labute approximate surface area is 109 Å². The Hall–Kier alpha value is -1.32. The van der Waals surface area contributed by atoms with Crippen molar-refractivity contribution in [3.63, 3.8) is 0 Å². The largest absolute Gasteiger partial charge is 0.455 e. The third kappa shape index (κ3) is 3.34. The third-order valence-electron chi connectivity index (χ3n) is 2.58. The predicted octanol–water partition coefficient (Wildman–Crippen LogP) is 3.61. The lowest BCUT2D eigenvalue weighted by atomic mass is 9.95. The van der Waals surface area contributed by atoms with Gasteiger partial charge in [0.05, 0.1) is 0 Å². The summed E-state index contributed by atoms with van der Waals surface area (Å²) in [6, 6.07) is 0. The van der Waals surface area contributed by atoms with E-state index in [-0.39, 0.29) is 11.9 Å². The SMILES string of the molecule is CC(C)c1[nH]nc(C(=O)OC(C)(C)C)c1C(C)C. The van der Waals surface area contributed by atoms with Crippen molar-refractivity contribution in [3.05, 3.63) is 17.0 Å². The highest BCUT2D eigenvalue weighted by Crippen LogP contribution is 2.28. The van der Waals surface area contributed by atoms with Crippen molar-refractivity contribution in [2.75, 3.05) is 0 Å². The molecule has 0 amide bonds. The molecule has 0 bridgehead atoms. The van der Waals surface area contributed by atoms with E-state index < -0.39 is 5.60 Å². The molecule has 4 nitrogen and oxygen atoms in total. The summed E-state index contributed by atoms with van der Waals surface area (Å²) >= 11 is 0. The first-order chi connectivity index (χ1) is 8.13. The van der Waals surface area contributed by atoms with E-state index in [9.17, 15) is 4.79 Å². The Morgan fingerprint density at radius 3 is 2.11 bits per heavy atom. The average molecular weight is 252 g/mol. The molecule has 0 spiro atoms. The van der Waals surface area contributed by atoms with E-state index in [0.717, 1.165) is 11.3 Å². The lowest BCUT2D eigenvalue weighted by Gasteiger charge is -2.19. The molecule has 0 aliphatic rings. The Morgan fingerprint density at radius 2 is 1.72 bits per heavy atom. The maximum atomic E-state index is 12.1. The number of nitrogens with one attached hydrogen (secondary N) is 1. The average Bonchev–Trinajstić information content (AvgIpc) is 2.58. The van der Waals surface area contributed by atoms with Gasteiger partial charge in [-0.25, -0.2) is 4.79 Å². The monoisotopic (exact) mass is 252 g/mol. The van der Waals surface area contributed by atoms with Gasteiger partial charge in [-0.3, -0.25) is 5.10 Å². The zero-order valence-electron chi connectivity index (χ0n) is 12.4. The van der Waals surface area contributed by atoms with E-state index >= 15 is 0 Å². The molecule has 0 aliphatic heterocycles. The van der Waals surface area contributed by atoms with Gasteiger partial charge in [0, 0.05) is 11.3 Å². The fourth-order valence-electron chi connectivity index (χ4n) is 1.87. The Morgan fingerprint density at radius 1 is 1.17 bits per heavy atom. The number of aromatic nitrogens is 2. The molecule has 0 aromatic carbocycles. The zero-order chi connectivity index (χ0) is 14.1. The van der Waals surface area contributed by atoms with E-state index in [1.165, 1.54) is 0 Å². The first kappa shape index (κ1) is 14.7. The van der Waals surface area contributed by atoms with Gasteiger partial charge in [0.25, 0.3) is 0 Å². The van der Waals surface area contributed by atoms with Gasteiger partial charge in [-0.15, -0.1) is 0 Å². The fourth-order valence-corrected chi connectivity index (χ4v) is 1.87. The van der Waals surface area contributed by atoms with E-state index in [1.807, 2.05) is 20.8 Å². The van der Waals surface area contributed by atoms with E-state index in [1.54, 1.807) is 0 Å². The van der Waals surface area contributed by atoms with Crippen LogP contribution in [-0.4, -0.2) is 21.8 Å². The van der Waals surface area contributed by atoms with Crippen LogP contribution < -0.4 is 0 Å². The van der Waals surface area contributed by atoms with Crippen molar-refractivity contribution in [3.8, 4) is 0 Å². The number of rotatable bonds is 3. The lowest BCUT2D eigenvalue weighted by molar-refractivity contribution is 0.00612. The Balaban J connectivity index is 3.14. The second kappa shape index (κ2) is 5.12. The molecule has 1 aromatic rings. The van der Waals surface area contributed by atoms with Gasteiger partial charge in [0.15, 0.2) is 5.69 Å². The van der Waals surface area contributed by atoms with E-state index in [2.05, 4.69) is 37.9 Å². The van der Waals surface area contributed by atoms with Gasteiger partial charge in [-0.05, 0) is 32.6 Å². The van der Waals surface area contributed by atoms with Crippen LogP contribution in [0.4, 0.5) is 0 Å². The van der Waals surface area contributed by atoms with Gasteiger partial charge in [0.2, 0.25) is 0 Å². The minimum Gasteiger partial charge on any atom is -0.455 e. The van der Waals surface area contributed by atoms with Gasteiger partial charge < -0.3 is 4.74 Å². The second-order valence-electron chi connectivity index (χ2n) is 6.21. The highest BCUT2D eigenvalue weighted by atomic mass is 16.6. The van der Waals surface area contributed by atoms with Crippen LogP contribution in [0.3, 0.4) is 0 Å². The summed E-state index contributed by atoms with van der Waals surface area (Å²) in [5, 5.41) is 7.11. The van der Waals surface area contributed by atoms with Crippen LogP contribution in [-0.2, 0) is 4.74 Å². The molecule has 0 aliphatic carbocycles. The van der Waals surface area contributed by atoms with Crippen molar-refractivity contribution in [1.82, 2.24) is 10.2 Å². The van der Waals surface area contributed by atoms with Crippen molar-refractivity contribution >= 4 is 5.97 Å². The molecule has 102 valence electrons. The molecule has 0 fully saturated rings. The van der Waals surface area contributed by atoms with Crippen LogP contribution >= 0.6 is 0 Å². The zero-order valence-corrected chi connectivity index (χ0v) is 12.4. The van der Waals surface area contributed by atoms with Gasteiger partial charge in [-0.2, -0.15) is 5.10 Å². The summed E-state index contributed by atoms with van der Waals surface area (Å²) in [4.78, 5) is 12.1. The summed E-state index contributed by atoms with van der Waals surface area (Å²) < 4.78 is 5.39. The third-order valence-corrected chi connectivity index (χ3v) is 2.58. The Kier molecular flexibility index (Phi) is 4.20. The minimum atomic E-state index is -0.498. The molecule has 1 rings (SSSR count). The van der Waals surface area contributed by atoms with Gasteiger partial charge >= 0.3 is 5.97 Å². The highest BCUT2D eigenvalue weighted by molar-refractivity contribution is 5.89. The van der Waals surface area contributed by atoms with Crippen LogP contribution in [0.5, 0.6) is 0 Å². The number of nitrogens with zero attached hydrogens (tertiary/aromatic N) is 1. The molecule has 1 aromatic heterocycles. The first-order valence-corrected chi connectivity index (χ1v) is 6.45. The molecule has 0 atom stereocenters. The Bertz CT molecular complexity index is 425. The number of esters is 1. The highest BCUT2D eigenvalue weighted by Gasteiger charge is 2.27. The molecule has 0 saturated heterocycles. The van der Waals surface area contributed by atoms with E-state index in [0.29, 0.717) is 11.6 Å². The molecular formula is C14H24N2O2. The van der Waals surface area contributed by atoms with Crippen LogP contribution in [0.1, 0.15) is 82.0 Å². The van der Waals surface area contributed by atoms with Gasteiger partial charge in [0.1, 0.15) is 5.60 Å². The maximum Gasteiger partial charge on any atom is 0.359 e. The predicted molar refractivity (Wildman–Crippen MR) is 71.9 cm³/mol. The summed E-state index contributed by atoms with van der Waals surface area (Å²) in [6.45, 7) is 13.9. The normalized spacial score (nSPS) is 12.3. The molecule has 1 heterocycles. The molecular weight excluding hydrogens is 228 g/mol. The topological polar surface area (TPSA) is 55.0 Å². The number of H-pyrrole nitrogens is 1. The number of carbonyl (C=O) groups is 1. The van der Waals surface area contributed by atoms with E-state index in [4.69, 9.17) is 4.74 Å². The number of hydrogen-bond donors (Lipinski definition) is 1. The van der Waals surface area contributed by atoms with Crippen molar-refractivity contribution < 1.29 is 9.53 Å². The number of ether oxygens (including phenoxy) is 1. The van der Waals surface area contributed by atoms with Crippen molar-refractivity contribution in [2.45, 2.75) is 65.9 Å². The van der Waals surface area contributed by atoms with Crippen LogP contribution in [0.2, 0.25) is 0 Å². The van der Waals surface area contributed by atoms with Gasteiger partial charge in [-0.1, -0.05) is 27.7 Å². The number of hydrogen-bond acceptors (Lipinski definition) is 3. The summed E-state index contributed by atoms with van der Waals surface area (Å²) in [5.74, 6) is 0.198. The first-order valence-electron chi connectivity index (χ1n) is 6.45. The molecule has 1 N–H and O–H groups in total. The summed E-state index contributed by atoms with van der Waals surface area (Å²) in [7, 11) is 0. The second-order valence-corrected chi connectivity index (χ2v) is 6.21. The van der Waals surface area contributed by atoms with Crippen LogP contribution in [0, 0.1) is 0 Å². The molecule has 0 radical (unpaired) electrons. The van der Waals surface area contributed by atoms with Crippen molar-refractivity contribution in [2.24, 2.45) is 0 Å². The fraction of sp³-hybridized carbons (Fsp3) is 0.714. The van der Waals surface area contributed by atoms with Crippen molar-refractivity contribution in [1.29, 1.82) is 0 Å². The molecule has 4 heteroatoms. The van der Waals surface area contributed by atoms with Crippen LogP contribution in [0.15, 0.2) is 0 Å². The lowest BCUT2D eigenvalue weighted by Crippen LogP contribution is -2.25. The quantitative estimate of drug-likeness (QED) is 0.836. The molecule has 0 saturated carbocycles. The minimum absolute atomic E-state index is 0.240. The standard InChI is InChI=1S/C14H24N2O2/c1-8(2)10-11(9(3)4)15-16-12(10)13(17)18-14(5,6)7/h8-9H,1-7H3,(H,15,16). The smallest absolute Gasteiger partial charge is 0.359 e.